The van der Waals surface area contributed by atoms with Crippen LogP contribution in [0.5, 0.6) is 0 Å². The number of hydrogen-bond donors (Lipinski definition) is 2. The van der Waals surface area contributed by atoms with Crippen molar-refractivity contribution in [3.8, 4) is 0 Å². The smallest absolute Gasteiger partial charge is 0.248 e. The molecule has 0 spiro atoms. The molecule has 0 radical (unpaired) electrons. The van der Waals surface area contributed by atoms with E-state index in [1.807, 2.05) is 12.1 Å². The van der Waals surface area contributed by atoms with E-state index in [1.54, 1.807) is 12.4 Å². The highest BCUT2D eigenvalue weighted by molar-refractivity contribution is 5.92. The number of hydrogen-bond acceptors (Lipinski definition) is 3. The second-order valence-electron chi connectivity index (χ2n) is 4.13. The van der Waals surface area contributed by atoms with Gasteiger partial charge in [0.05, 0.1) is 0 Å². The third-order valence-corrected chi connectivity index (χ3v) is 2.72. The van der Waals surface area contributed by atoms with Crippen LogP contribution in [0.1, 0.15) is 21.5 Å². The lowest BCUT2D eigenvalue weighted by molar-refractivity contribution is 0.1000. The Hall–Kier alpha value is -2.27. The number of nitrogens with zero attached hydrogens (tertiary/aromatic N) is 1. The zero-order valence-corrected chi connectivity index (χ0v) is 10.3. The first-order chi connectivity index (χ1) is 9.16. The molecular formula is C14H14FN3O. The molecule has 98 valence electrons. The van der Waals surface area contributed by atoms with Crippen LogP contribution < -0.4 is 11.1 Å². The zero-order chi connectivity index (χ0) is 13.7. The quantitative estimate of drug-likeness (QED) is 0.857. The summed E-state index contributed by atoms with van der Waals surface area (Å²) in [6.07, 6.45) is 3.40. The molecule has 0 atom stereocenters. The maximum Gasteiger partial charge on any atom is 0.248 e. The molecule has 1 amide bonds. The average Bonchev–Trinajstić information content (AvgIpc) is 2.42. The number of halogens is 1. The Morgan fingerprint density at radius 1 is 1.21 bits per heavy atom. The summed E-state index contributed by atoms with van der Waals surface area (Å²) in [5, 5.41) is 3.11. The lowest BCUT2D eigenvalue weighted by atomic mass is 10.1. The van der Waals surface area contributed by atoms with Crippen molar-refractivity contribution in [1.29, 1.82) is 0 Å². The molecule has 1 heterocycles. The number of nitrogens with one attached hydrogen (secondary N) is 1. The van der Waals surface area contributed by atoms with Crippen LogP contribution in [0.3, 0.4) is 0 Å². The van der Waals surface area contributed by atoms with E-state index in [2.05, 4.69) is 10.3 Å². The molecular weight excluding hydrogens is 245 g/mol. The van der Waals surface area contributed by atoms with Gasteiger partial charge >= 0.3 is 0 Å². The van der Waals surface area contributed by atoms with Gasteiger partial charge in [-0.15, -0.1) is 0 Å². The van der Waals surface area contributed by atoms with Crippen LogP contribution in [-0.2, 0) is 13.1 Å². The first kappa shape index (κ1) is 13.2. The van der Waals surface area contributed by atoms with Crippen LogP contribution in [0.15, 0.2) is 42.7 Å². The predicted octanol–water partition coefficient (Wildman–Crippen LogP) is 1.61. The van der Waals surface area contributed by atoms with Gasteiger partial charge in [0.1, 0.15) is 5.82 Å². The second-order valence-corrected chi connectivity index (χ2v) is 4.13. The molecule has 0 fully saturated rings. The minimum atomic E-state index is -0.560. The number of primary amides is 1. The van der Waals surface area contributed by atoms with E-state index < -0.39 is 5.91 Å². The number of amides is 1. The van der Waals surface area contributed by atoms with Crippen LogP contribution in [0.2, 0.25) is 0 Å². The monoisotopic (exact) mass is 259 g/mol. The van der Waals surface area contributed by atoms with E-state index in [1.165, 1.54) is 18.2 Å². The third-order valence-electron chi connectivity index (χ3n) is 2.72. The van der Waals surface area contributed by atoms with Crippen molar-refractivity contribution in [2.75, 3.05) is 0 Å². The fourth-order valence-electron chi connectivity index (χ4n) is 1.71. The lowest BCUT2D eigenvalue weighted by Gasteiger charge is -2.07. The Morgan fingerprint density at radius 2 is 1.95 bits per heavy atom. The van der Waals surface area contributed by atoms with Crippen molar-refractivity contribution in [3.05, 3.63) is 65.2 Å². The maximum absolute atomic E-state index is 13.6. The third kappa shape index (κ3) is 3.59. The van der Waals surface area contributed by atoms with Crippen molar-refractivity contribution in [1.82, 2.24) is 10.3 Å². The molecule has 0 aliphatic rings. The van der Waals surface area contributed by atoms with E-state index >= 15 is 0 Å². The summed E-state index contributed by atoms with van der Waals surface area (Å²) in [4.78, 5) is 14.9. The summed E-state index contributed by atoms with van der Waals surface area (Å²) in [5.74, 6) is -0.914. The molecule has 2 rings (SSSR count). The van der Waals surface area contributed by atoms with E-state index in [9.17, 15) is 9.18 Å². The van der Waals surface area contributed by atoms with Crippen LogP contribution in [0.25, 0.3) is 0 Å². The minimum absolute atomic E-state index is 0.308. The van der Waals surface area contributed by atoms with Gasteiger partial charge < -0.3 is 11.1 Å². The molecule has 0 saturated carbocycles. The molecule has 0 unspecified atom stereocenters. The average molecular weight is 259 g/mol. The Labute approximate surface area is 110 Å². The molecule has 0 bridgehead atoms. The summed E-state index contributed by atoms with van der Waals surface area (Å²) in [7, 11) is 0. The number of pyridine rings is 1. The normalized spacial score (nSPS) is 10.4. The molecule has 5 heteroatoms. The number of benzene rings is 1. The van der Waals surface area contributed by atoms with Gasteiger partial charge in [0.2, 0.25) is 5.91 Å². The number of nitrogens with two attached hydrogens (primary N) is 1. The van der Waals surface area contributed by atoms with E-state index in [0.717, 1.165) is 5.56 Å². The highest BCUT2D eigenvalue weighted by Gasteiger charge is 2.06. The number of rotatable bonds is 5. The number of carbonyl (C=O) groups is 1. The van der Waals surface area contributed by atoms with Gasteiger partial charge in [-0.05, 0) is 35.9 Å². The number of aromatic nitrogens is 1. The van der Waals surface area contributed by atoms with Gasteiger partial charge in [-0.1, -0.05) is 0 Å². The van der Waals surface area contributed by atoms with E-state index in [4.69, 9.17) is 5.73 Å². The Morgan fingerprint density at radius 3 is 2.63 bits per heavy atom. The Bertz CT molecular complexity index is 572. The summed E-state index contributed by atoms with van der Waals surface area (Å²) < 4.78 is 13.6. The highest BCUT2D eigenvalue weighted by Crippen LogP contribution is 2.10. The summed E-state index contributed by atoms with van der Waals surface area (Å²) in [5.41, 5.74) is 6.95. The van der Waals surface area contributed by atoms with Crippen molar-refractivity contribution in [3.63, 3.8) is 0 Å². The SMILES string of the molecule is NC(=O)c1ccc(F)c(CNCc2ccncc2)c1. The van der Waals surface area contributed by atoms with Crippen LogP contribution in [0.4, 0.5) is 4.39 Å². The van der Waals surface area contributed by atoms with Gasteiger partial charge in [0.25, 0.3) is 0 Å². The van der Waals surface area contributed by atoms with Gasteiger partial charge in [-0.2, -0.15) is 0 Å². The largest absolute Gasteiger partial charge is 0.366 e. The fraction of sp³-hybridized carbons (Fsp3) is 0.143. The number of carbonyl (C=O) groups excluding carboxylic acids is 1. The van der Waals surface area contributed by atoms with Crippen molar-refractivity contribution < 1.29 is 9.18 Å². The molecule has 19 heavy (non-hydrogen) atoms. The minimum Gasteiger partial charge on any atom is -0.366 e. The Balaban J connectivity index is 1.99. The standard InChI is InChI=1S/C14H14FN3O/c15-13-2-1-11(14(16)19)7-12(13)9-18-8-10-3-5-17-6-4-10/h1-7,18H,8-9H2,(H2,16,19). The van der Waals surface area contributed by atoms with E-state index in [-0.39, 0.29) is 5.82 Å². The van der Waals surface area contributed by atoms with Gasteiger partial charge in [0.15, 0.2) is 0 Å². The molecule has 0 saturated heterocycles. The molecule has 0 aliphatic carbocycles. The highest BCUT2D eigenvalue weighted by atomic mass is 19.1. The fourth-order valence-corrected chi connectivity index (χ4v) is 1.71. The van der Waals surface area contributed by atoms with Crippen LogP contribution in [-0.4, -0.2) is 10.9 Å². The molecule has 4 nitrogen and oxygen atoms in total. The predicted molar refractivity (Wildman–Crippen MR) is 69.7 cm³/mol. The molecule has 3 N–H and O–H groups in total. The molecule has 0 aliphatic heterocycles. The van der Waals surface area contributed by atoms with Crippen LogP contribution in [0, 0.1) is 5.82 Å². The summed E-state index contributed by atoms with van der Waals surface area (Å²) in [6, 6.07) is 7.86. The van der Waals surface area contributed by atoms with Gasteiger partial charge in [-0.25, -0.2) is 4.39 Å². The maximum atomic E-state index is 13.6. The topological polar surface area (TPSA) is 68.0 Å². The molecule has 1 aromatic heterocycles. The Kier molecular flexibility index (Phi) is 4.20. The van der Waals surface area contributed by atoms with Gasteiger partial charge in [-0.3, -0.25) is 9.78 Å². The van der Waals surface area contributed by atoms with Crippen molar-refractivity contribution >= 4 is 5.91 Å². The summed E-state index contributed by atoms with van der Waals surface area (Å²) in [6.45, 7) is 0.929. The summed E-state index contributed by atoms with van der Waals surface area (Å²) >= 11 is 0. The first-order valence-electron chi connectivity index (χ1n) is 5.84. The van der Waals surface area contributed by atoms with Crippen LogP contribution >= 0.6 is 0 Å². The van der Waals surface area contributed by atoms with E-state index in [0.29, 0.717) is 24.2 Å². The lowest BCUT2D eigenvalue weighted by Crippen LogP contribution is -2.16. The second kappa shape index (κ2) is 6.06. The van der Waals surface area contributed by atoms with Crippen molar-refractivity contribution in [2.45, 2.75) is 13.1 Å². The first-order valence-corrected chi connectivity index (χ1v) is 5.84. The van der Waals surface area contributed by atoms with Gasteiger partial charge in [0, 0.05) is 36.6 Å². The molecule has 2 aromatic rings. The van der Waals surface area contributed by atoms with Crippen molar-refractivity contribution in [2.24, 2.45) is 5.73 Å². The zero-order valence-electron chi connectivity index (χ0n) is 10.3. The molecule has 1 aromatic carbocycles.